The van der Waals surface area contributed by atoms with Crippen molar-refractivity contribution >= 4 is 5.78 Å². The van der Waals surface area contributed by atoms with Gasteiger partial charge in [-0.15, -0.1) is 0 Å². The van der Waals surface area contributed by atoms with Crippen LogP contribution < -0.4 is 14.2 Å². The molecule has 0 aromatic heterocycles. The molecule has 122 valence electrons. The predicted octanol–water partition coefficient (Wildman–Crippen LogP) is 3.90. The minimum atomic E-state index is -0.126. The zero-order chi connectivity index (χ0) is 16.8. The van der Waals surface area contributed by atoms with Crippen LogP contribution in [0.3, 0.4) is 0 Å². The monoisotopic (exact) mass is 314 g/mol. The van der Waals surface area contributed by atoms with Gasteiger partial charge in [0.05, 0.1) is 32.5 Å². The molecule has 0 fully saturated rings. The molecule has 23 heavy (non-hydrogen) atoms. The van der Waals surface area contributed by atoms with Crippen LogP contribution in [-0.4, -0.2) is 27.1 Å². The minimum Gasteiger partial charge on any atom is -0.496 e. The van der Waals surface area contributed by atoms with E-state index in [1.807, 2.05) is 18.2 Å². The highest BCUT2D eigenvalue weighted by atomic mass is 16.5. The molecule has 0 heterocycles. The number of hydrogen-bond acceptors (Lipinski definition) is 4. The molecule has 0 saturated heterocycles. The number of ether oxygens (including phenoxy) is 3. The molecule has 0 bridgehead atoms. The van der Waals surface area contributed by atoms with Gasteiger partial charge in [0.2, 0.25) is 0 Å². The number of rotatable bonds is 7. The first-order valence-electron chi connectivity index (χ1n) is 7.59. The Morgan fingerprint density at radius 3 is 2.17 bits per heavy atom. The third kappa shape index (κ3) is 3.31. The molecule has 0 radical (unpaired) electrons. The lowest BCUT2D eigenvalue weighted by Crippen LogP contribution is -2.08. The molecule has 2 aromatic carbocycles. The van der Waals surface area contributed by atoms with Crippen LogP contribution in [0.5, 0.6) is 17.2 Å². The number of benzene rings is 2. The third-order valence-corrected chi connectivity index (χ3v) is 3.74. The number of para-hydroxylation sites is 1. The van der Waals surface area contributed by atoms with Crippen LogP contribution in [0.25, 0.3) is 0 Å². The Morgan fingerprint density at radius 2 is 1.57 bits per heavy atom. The Bertz CT molecular complexity index is 692. The number of hydrogen-bond donors (Lipinski definition) is 0. The van der Waals surface area contributed by atoms with Crippen molar-refractivity contribution in [2.24, 2.45) is 0 Å². The van der Waals surface area contributed by atoms with Gasteiger partial charge in [0.1, 0.15) is 17.2 Å². The SMILES string of the molecule is CCCc1c(OC)ccc(C(=O)c2ccccc2OC)c1OC. The molecule has 0 amide bonds. The fourth-order valence-corrected chi connectivity index (χ4v) is 2.68. The average Bonchev–Trinajstić information content (AvgIpc) is 2.60. The van der Waals surface area contributed by atoms with Crippen molar-refractivity contribution in [2.45, 2.75) is 19.8 Å². The number of ketones is 1. The van der Waals surface area contributed by atoms with Crippen molar-refractivity contribution in [1.82, 2.24) is 0 Å². The van der Waals surface area contributed by atoms with E-state index in [-0.39, 0.29) is 5.78 Å². The largest absolute Gasteiger partial charge is 0.496 e. The van der Waals surface area contributed by atoms with Crippen LogP contribution in [0.2, 0.25) is 0 Å². The Balaban J connectivity index is 2.58. The van der Waals surface area contributed by atoms with E-state index in [0.717, 1.165) is 24.2 Å². The Labute approximate surface area is 137 Å². The average molecular weight is 314 g/mol. The molecule has 0 saturated carbocycles. The van der Waals surface area contributed by atoms with Gasteiger partial charge in [0, 0.05) is 5.56 Å². The zero-order valence-electron chi connectivity index (χ0n) is 14.0. The number of carbonyl (C=O) groups is 1. The molecule has 4 nitrogen and oxygen atoms in total. The van der Waals surface area contributed by atoms with Crippen LogP contribution in [0.1, 0.15) is 34.8 Å². The molecule has 0 aliphatic rings. The molecular weight excluding hydrogens is 292 g/mol. The quantitative estimate of drug-likeness (QED) is 0.727. The normalized spacial score (nSPS) is 10.3. The summed E-state index contributed by atoms with van der Waals surface area (Å²) in [5.74, 6) is 1.73. The third-order valence-electron chi connectivity index (χ3n) is 3.74. The van der Waals surface area contributed by atoms with Crippen molar-refractivity contribution in [2.75, 3.05) is 21.3 Å². The van der Waals surface area contributed by atoms with E-state index < -0.39 is 0 Å². The van der Waals surface area contributed by atoms with Crippen LogP contribution in [0.15, 0.2) is 36.4 Å². The van der Waals surface area contributed by atoms with E-state index in [1.165, 1.54) is 0 Å². The summed E-state index contributed by atoms with van der Waals surface area (Å²) < 4.78 is 16.3. The fourth-order valence-electron chi connectivity index (χ4n) is 2.68. The molecule has 4 heteroatoms. The fraction of sp³-hybridized carbons (Fsp3) is 0.316. The maximum atomic E-state index is 13.0. The van der Waals surface area contributed by atoms with Gasteiger partial charge >= 0.3 is 0 Å². The zero-order valence-corrected chi connectivity index (χ0v) is 14.0. The van der Waals surface area contributed by atoms with Crippen LogP contribution >= 0.6 is 0 Å². The molecular formula is C19H22O4. The van der Waals surface area contributed by atoms with Gasteiger partial charge in [-0.25, -0.2) is 0 Å². The van der Waals surface area contributed by atoms with Gasteiger partial charge in [-0.05, 0) is 30.7 Å². The summed E-state index contributed by atoms with van der Waals surface area (Å²) in [6.45, 7) is 2.08. The van der Waals surface area contributed by atoms with Crippen molar-refractivity contribution in [1.29, 1.82) is 0 Å². The van der Waals surface area contributed by atoms with E-state index in [9.17, 15) is 4.79 Å². The maximum absolute atomic E-state index is 13.0. The van der Waals surface area contributed by atoms with Gasteiger partial charge in [0.15, 0.2) is 5.78 Å². The van der Waals surface area contributed by atoms with Gasteiger partial charge in [0.25, 0.3) is 0 Å². The Kier molecular flexibility index (Phi) is 5.63. The Hall–Kier alpha value is -2.49. The van der Waals surface area contributed by atoms with Crippen molar-refractivity contribution in [3.8, 4) is 17.2 Å². The smallest absolute Gasteiger partial charge is 0.200 e. The van der Waals surface area contributed by atoms with Crippen molar-refractivity contribution in [3.63, 3.8) is 0 Å². The van der Waals surface area contributed by atoms with Gasteiger partial charge in [-0.3, -0.25) is 4.79 Å². The predicted molar refractivity (Wildman–Crippen MR) is 90.0 cm³/mol. The highest BCUT2D eigenvalue weighted by molar-refractivity contribution is 6.12. The molecule has 0 aliphatic heterocycles. The molecule has 0 atom stereocenters. The first-order valence-corrected chi connectivity index (χ1v) is 7.59. The minimum absolute atomic E-state index is 0.126. The van der Waals surface area contributed by atoms with E-state index >= 15 is 0 Å². The summed E-state index contributed by atoms with van der Waals surface area (Å²) >= 11 is 0. The van der Waals surface area contributed by atoms with Gasteiger partial charge in [-0.2, -0.15) is 0 Å². The molecule has 0 spiro atoms. The second-order valence-electron chi connectivity index (χ2n) is 5.11. The van der Waals surface area contributed by atoms with E-state index in [2.05, 4.69) is 6.92 Å². The van der Waals surface area contributed by atoms with Gasteiger partial charge in [-0.1, -0.05) is 25.5 Å². The summed E-state index contributed by atoms with van der Waals surface area (Å²) in [5, 5.41) is 0. The summed E-state index contributed by atoms with van der Waals surface area (Å²) in [4.78, 5) is 13.0. The maximum Gasteiger partial charge on any atom is 0.200 e. The molecule has 2 aromatic rings. The van der Waals surface area contributed by atoms with Crippen LogP contribution in [-0.2, 0) is 6.42 Å². The standard InChI is InChI=1S/C19H22O4/c1-5-8-14-17(22-3)12-11-15(19(14)23-4)18(20)13-9-6-7-10-16(13)21-2/h6-7,9-12H,5,8H2,1-4H3. The molecule has 2 rings (SSSR count). The lowest BCUT2D eigenvalue weighted by molar-refractivity contribution is 0.103. The summed E-state index contributed by atoms with van der Waals surface area (Å²) in [7, 11) is 4.75. The lowest BCUT2D eigenvalue weighted by Gasteiger charge is -2.16. The second kappa shape index (κ2) is 7.68. The molecule has 0 unspecified atom stereocenters. The van der Waals surface area contributed by atoms with E-state index in [1.54, 1.807) is 39.5 Å². The number of carbonyl (C=O) groups excluding carboxylic acids is 1. The highest BCUT2D eigenvalue weighted by Gasteiger charge is 2.22. The second-order valence-corrected chi connectivity index (χ2v) is 5.11. The first-order chi connectivity index (χ1) is 11.2. The molecule has 0 N–H and O–H groups in total. The summed E-state index contributed by atoms with van der Waals surface area (Å²) in [5.41, 5.74) is 1.94. The summed E-state index contributed by atoms with van der Waals surface area (Å²) in [6.07, 6.45) is 1.71. The van der Waals surface area contributed by atoms with E-state index in [0.29, 0.717) is 22.6 Å². The van der Waals surface area contributed by atoms with Crippen molar-refractivity contribution in [3.05, 3.63) is 53.1 Å². The van der Waals surface area contributed by atoms with Crippen LogP contribution in [0, 0.1) is 0 Å². The van der Waals surface area contributed by atoms with Gasteiger partial charge < -0.3 is 14.2 Å². The first kappa shape index (κ1) is 16.9. The number of methoxy groups -OCH3 is 3. The summed E-state index contributed by atoms with van der Waals surface area (Å²) in [6, 6.07) is 10.7. The van der Waals surface area contributed by atoms with E-state index in [4.69, 9.17) is 14.2 Å². The lowest BCUT2D eigenvalue weighted by atomic mass is 9.96. The van der Waals surface area contributed by atoms with Crippen molar-refractivity contribution < 1.29 is 19.0 Å². The topological polar surface area (TPSA) is 44.8 Å². The Morgan fingerprint density at radius 1 is 0.870 bits per heavy atom. The molecule has 0 aliphatic carbocycles. The highest BCUT2D eigenvalue weighted by Crippen LogP contribution is 2.35. The van der Waals surface area contributed by atoms with Crippen LogP contribution in [0.4, 0.5) is 0 Å².